The molecule has 0 amide bonds. The molecule has 6 nitrogen and oxygen atoms in total. The van der Waals surface area contributed by atoms with E-state index in [1.807, 2.05) is 6.08 Å². The van der Waals surface area contributed by atoms with Crippen LogP contribution in [0.2, 0.25) is 0 Å². The predicted molar refractivity (Wildman–Crippen MR) is 514 cm³/mol. The van der Waals surface area contributed by atoms with Crippen LogP contribution in [0, 0.1) is 0 Å². The summed E-state index contributed by atoms with van der Waals surface area (Å²) in [7, 11) is 0. The fourth-order valence-electron chi connectivity index (χ4n) is 20.0. The van der Waals surface area contributed by atoms with Gasteiger partial charge in [0.25, 0.3) is 0 Å². The van der Waals surface area contributed by atoms with Gasteiger partial charge in [0.1, 0.15) is 0 Å². The second-order valence-electron chi connectivity index (χ2n) is 31.9. The number of anilines is 9. The van der Waals surface area contributed by atoms with E-state index >= 15 is 0 Å². The Morgan fingerprint density at radius 2 is 0.574 bits per heavy atom. The highest BCUT2D eigenvalue weighted by Crippen LogP contribution is 2.65. The highest BCUT2D eigenvalue weighted by atomic mass is 15.2. The molecule has 0 aliphatic heterocycles. The maximum atomic E-state index is 4.33. The zero-order valence-corrected chi connectivity index (χ0v) is 67.2. The molecule has 1 unspecified atom stereocenters. The van der Waals surface area contributed by atoms with E-state index in [9.17, 15) is 0 Å². The van der Waals surface area contributed by atoms with Gasteiger partial charge >= 0.3 is 0 Å². The molecule has 21 aromatic rings. The van der Waals surface area contributed by atoms with Crippen LogP contribution in [-0.2, 0) is 5.41 Å². The topological polar surface area (TPSA) is 24.5 Å². The largest absolute Gasteiger partial charge is 0.310 e. The van der Waals surface area contributed by atoms with Gasteiger partial charge in [-0.25, -0.2) is 0 Å². The number of hydrogen-bond acceptors (Lipinski definition) is 3. The van der Waals surface area contributed by atoms with E-state index in [1.54, 1.807) is 0 Å². The molecule has 0 saturated carbocycles. The molecule has 23 rings (SSSR count). The van der Waals surface area contributed by atoms with Crippen LogP contribution < -0.4 is 14.7 Å². The Hall–Kier alpha value is -16.0. The molecule has 6 heteroatoms. The van der Waals surface area contributed by atoms with Crippen molar-refractivity contribution in [1.29, 1.82) is 0 Å². The van der Waals surface area contributed by atoms with Gasteiger partial charge in [0.15, 0.2) is 0 Å². The summed E-state index contributed by atoms with van der Waals surface area (Å²) < 4.78 is 7.25. The van der Waals surface area contributed by atoms with Gasteiger partial charge in [-0.15, -0.1) is 0 Å². The second kappa shape index (κ2) is 29.3. The van der Waals surface area contributed by atoms with Crippen LogP contribution in [0.25, 0.3) is 133 Å². The van der Waals surface area contributed by atoms with E-state index in [-0.39, 0.29) is 0 Å². The molecule has 0 saturated heterocycles. The van der Waals surface area contributed by atoms with Crippen molar-refractivity contribution in [3.63, 3.8) is 0 Å². The molecule has 3 heterocycles. The molecule has 122 heavy (non-hydrogen) atoms. The fourth-order valence-corrected chi connectivity index (χ4v) is 20.0. The van der Waals surface area contributed by atoms with Gasteiger partial charge in [0.05, 0.1) is 38.5 Å². The molecule has 2 aliphatic carbocycles. The number of fused-ring (bicyclic) bond motifs is 16. The first-order valence-electron chi connectivity index (χ1n) is 42.0. The molecular formula is C116H80N6. The summed E-state index contributed by atoms with van der Waals surface area (Å²) in [6, 6.07) is 161. The summed E-state index contributed by atoms with van der Waals surface area (Å²) in [5.74, 6) is 0. The van der Waals surface area contributed by atoms with E-state index in [0.717, 1.165) is 118 Å². The van der Waals surface area contributed by atoms with Crippen molar-refractivity contribution in [2.75, 3.05) is 14.7 Å². The lowest BCUT2D eigenvalue weighted by Crippen LogP contribution is -2.26. The summed E-state index contributed by atoms with van der Waals surface area (Å²) in [5, 5.41) is 7.18. The van der Waals surface area contributed by atoms with Gasteiger partial charge < -0.3 is 28.4 Å². The first-order valence-corrected chi connectivity index (χ1v) is 42.0. The molecule has 0 N–H and O–H groups in total. The van der Waals surface area contributed by atoms with Crippen molar-refractivity contribution in [2.45, 2.75) is 12.3 Å². The predicted octanol–water partition coefficient (Wildman–Crippen LogP) is 31.2. The maximum absolute atomic E-state index is 4.33. The van der Waals surface area contributed by atoms with Crippen LogP contribution in [0.15, 0.2) is 467 Å². The average Bonchev–Trinajstić information content (AvgIpc) is 1.51. The molecule has 18 aromatic carbocycles. The minimum Gasteiger partial charge on any atom is -0.310 e. The molecule has 0 bridgehead atoms. The minimum absolute atomic E-state index is 0.672. The molecular weight excluding hydrogens is 1480 g/mol. The van der Waals surface area contributed by atoms with Gasteiger partial charge in [0, 0.05) is 101 Å². The number of para-hydroxylation sites is 7. The summed E-state index contributed by atoms with van der Waals surface area (Å²) in [6.07, 6.45) is 6.53. The number of nitrogens with zero attached hydrogens (tertiary/aromatic N) is 6. The van der Waals surface area contributed by atoms with Crippen molar-refractivity contribution >= 4 is 122 Å². The highest BCUT2D eigenvalue weighted by molar-refractivity contribution is 6.14. The Labute approximate surface area is 709 Å². The maximum Gasteiger partial charge on any atom is 0.0723 e. The zero-order chi connectivity index (χ0) is 80.9. The van der Waals surface area contributed by atoms with Crippen LogP contribution in [0.4, 0.5) is 51.2 Å². The zero-order valence-electron chi connectivity index (χ0n) is 67.2. The molecule has 0 radical (unpaired) electrons. The minimum atomic E-state index is -0.672. The van der Waals surface area contributed by atoms with E-state index in [0.29, 0.717) is 0 Å². The summed E-state index contributed by atoms with van der Waals surface area (Å²) in [4.78, 5) is 7.22. The second-order valence-corrected chi connectivity index (χ2v) is 31.9. The summed E-state index contributed by atoms with van der Waals surface area (Å²) in [5.41, 5.74) is 36.0. The first kappa shape index (κ1) is 71.3. The molecule has 0 fully saturated rings. The Morgan fingerprint density at radius 1 is 0.230 bits per heavy atom. The number of benzene rings is 18. The van der Waals surface area contributed by atoms with Gasteiger partial charge in [-0.2, -0.15) is 0 Å². The third-order valence-electron chi connectivity index (χ3n) is 25.3. The number of hydrogen-bond donors (Lipinski definition) is 0. The molecule has 3 aromatic heterocycles. The Morgan fingerprint density at radius 3 is 1.11 bits per heavy atom. The smallest absolute Gasteiger partial charge is 0.0723 e. The molecule has 574 valence electrons. The van der Waals surface area contributed by atoms with Crippen LogP contribution in [-0.4, -0.2) is 13.7 Å². The van der Waals surface area contributed by atoms with Gasteiger partial charge in [0.2, 0.25) is 0 Å². The van der Waals surface area contributed by atoms with Crippen molar-refractivity contribution in [3.05, 3.63) is 489 Å². The van der Waals surface area contributed by atoms with Crippen LogP contribution in [0.1, 0.15) is 29.2 Å². The normalized spacial score (nSPS) is 14.0. The average molecular weight is 1560 g/mol. The highest BCUT2D eigenvalue weighted by Gasteiger charge is 2.53. The van der Waals surface area contributed by atoms with Crippen LogP contribution in [0.5, 0.6) is 0 Å². The van der Waals surface area contributed by atoms with Crippen LogP contribution >= 0.6 is 0 Å². The lowest BCUT2D eigenvalue weighted by Gasteiger charge is -2.32. The monoisotopic (exact) mass is 1560 g/mol. The standard InChI is InChI=1S/C116H80N6/c1-3-29-96-97-42-23-26-45-107(97)116(106(96)4-2)108-69-55-82(72-103(108)98-67-62-94(76-109(98)116)119(91-60-48-79(49-61-91)78-30-11-5-12-31-78)95-63-68-101-99-43-24-27-46-110(99)121(115(101)77-95)87-38-19-9-20-39-87)83-54-66-102-105-75-93(65-71-113(105)122(114(102)73-83)88-40-21-10-22-41-88)118(85-34-15-7-16-35-85)90-58-52-81(53-59-90)80-50-56-89(57-51-80)117(84-32-13-6-14-33-84)92-64-70-112-104(74-92)100-44-25-28-47-111(100)120(112)86-36-17-8-18-37-86/h3-77H,1H2,2H3/b96-29?,106-4+. The van der Waals surface area contributed by atoms with E-state index in [4.69, 9.17) is 0 Å². The quantitative estimate of drug-likeness (QED) is 0.0964. The van der Waals surface area contributed by atoms with Crippen molar-refractivity contribution in [1.82, 2.24) is 13.7 Å². The van der Waals surface area contributed by atoms with Gasteiger partial charge in [-0.1, -0.05) is 280 Å². The van der Waals surface area contributed by atoms with Crippen molar-refractivity contribution in [3.8, 4) is 61.6 Å². The molecule has 2 aliphatic rings. The fraction of sp³-hybridized carbons (Fsp3) is 0.0172. The van der Waals surface area contributed by atoms with E-state index in [2.05, 4.69) is 491 Å². The summed E-state index contributed by atoms with van der Waals surface area (Å²) >= 11 is 0. The van der Waals surface area contributed by atoms with Crippen molar-refractivity contribution in [2.24, 2.45) is 0 Å². The number of aromatic nitrogens is 3. The van der Waals surface area contributed by atoms with Gasteiger partial charge in [-0.05, 0) is 267 Å². The third-order valence-corrected chi connectivity index (χ3v) is 25.3. The number of rotatable bonds is 16. The SMILES string of the molecule is C=CC=C1/C(=C\C)C2(c3ccccc31)c1ccc(-c3ccc4c5cc(N(c6ccccc6)c6ccc(-c7ccc(N(c8ccccc8)c8ccc9c(c8)c8ccccc8n9-c8ccccc8)cc7)cc6)ccc5n(-c5ccccc5)c4c3)cc1-c1ccc(N(c3ccc(-c4ccccc4)cc3)c3ccc4c5ccccc5n(-c5ccccc5)c4c3)cc12. The third kappa shape index (κ3) is 11.5. The van der Waals surface area contributed by atoms with Crippen LogP contribution in [0.3, 0.4) is 0 Å². The van der Waals surface area contributed by atoms with E-state index < -0.39 is 5.41 Å². The van der Waals surface area contributed by atoms with Crippen molar-refractivity contribution < 1.29 is 0 Å². The Balaban J connectivity index is 0.625. The lowest BCUT2D eigenvalue weighted by molar-refractivity contribution is 0.793. The van der Waals surface area contributed by atoms with Gasteiger partial charge in [-0.3, -0.25) is 0 Å². The lowest BCUT2D eigenvalue weighted by atomic mass is 9.70. The molecule has 1 spiro atoms. The van der Waals surface area contributed by atoms with E-state index in [1.165, 1.54) is 93.6 Å². The first-order chi connectivity index (χ1) is 60.4. The Bertz CT molecular complexity index is 7730. The summed E-state index contributed by atoms with van der Waals surface area (Å²) in [6.45, 7) is 6.54. The number of allylic oxidation sites excluding steroid dienone is 5. The Kier molecular flexibility index (Phi) is 17.1. The molecule has 1 atom stereocenters.